The van der Waals surface area contributed by atoms with Crippen molar-refractivity contribution < 1.29 is 4.74 Å². The molecule has 2 aromatic rings. The molecular weight excluding hydrogens is 316 g/mol. The molecule has 1 fully saturated rings. The average Bonchev–Trinajstić information content (AvgIpc) is 3.25. The second kappa shape index (κ2) is 5.94. The molecule has 1 heterocycles. The standard InChI is InChI=1S/C16H17BrN2O/c1-11-9-13(17)4-7-15(11)20-16-12(3-2-8-18-16)10-19-14-5-6-14/h2-4,7-9,14,19H,5-6,10H2,1H3. The SMILES string of the molecule is Cc1cc(Br)ccc1Oc1ncccc1CNC1CC1. The molecule has 1 aromatic heterocycles. The highest BCUT2D eigenvalue weighted by molar-refractivity contribution is 9.10. The van der Waals surface area contributed by atoms with Gasteiger partial charge < -0.3 is 10.1 Å². The Kier molecular flexibility index (Phi) is 4.03. The molecule has 0 amide bonds. The molecule has 3 rings (SSSR count). The van der Waals surface area contributed by atoms with Gasteiger partial charge in [-0.2, -0.15) is 0 Å². The first-order valence-electron chi connectivity index (χ1n) is 6.83. The summed E-state index contributed by atoms with van der Waals surface area (Å²) >= 11 is 3.46. The Labute approximate surface area is 127 Å². The minimum Gasteiger partial charge on any atom is -0.438 e. The van der Waals surface area contributed by atoms with Crippen LogP contribution in [-0.4, -0.2) is 11.0 Å². The fourth-order valence-electron chi connectivity index (χ4n) is 2.02. The van der Waals surface area contributed by atoms with Crippen LogP contribution in [0, 0.1) is 6.92 Å². The zero-order valence-electron chi connectivity index (χ0n) is 11.4. The van der Waals surface area contributed by atoms with Crippen molar-refractivity contribution in [2.45, 2.75) is 32.4 Å². The van der Waals surface area contributed by atoms with E-state index >= 15 is 0 Å². The first kappa shape index (κ1) is 13.6. The van der Waals surface area contributed by atoms with Crippen LogP contribution in [0.3, 0.4) is 0 Å². The van der Waals surface area contributed by atoms with Gasteiger partial charge in [0.1, 0.15) is 5.75 Å². The second-order valence-corrected chi connectivity index (χ2v) is 6.05. The van der Waals surface area contributed by atoms with Crippen molar-refractivity contribution in [1.29, 1.82) is 0 Å². The lowest BCUT2D eigenvalue weighted by atomic mass is 10.2. The predicted octanol–water partition coefficient (Wildman–Crippen LogP) is 4.20. The van der Waals surface area contributed by atoms with Crippen molar-refractivity contribution >= 4 is 15.9 Å². The van der Waals surface area contributed by atoms with Crippen LogP contribution < -0.4 is 10.1 Å². The molecule has 20 heavy (non-hydrogen) atoms. The molecule has 0 bridgehead atoms. The zero-order chi connectivity index (χ0) is 13.9. The second-order valence-electron chi connectivity index (χ2n) is 5.13. The van der Waals surface area contributed by atoms with Gasteiger partial charge >= 0.3 is 0 Å². The Bertz CT molecular complexity index is 611. The van der Waals surface area contributed by atoms with Gasteiger partial charge in [-0.25, -0.2) is 4.98 Å². The summed E-state index contributed by atoms with van der Waals surface area (Å²) in [6, 6.07) is 10.7. The quantitative estimate of drug-likeness (QED) is 0.891. The number of benzene rings is 1. The van der Waals surface area contributed by atoms with E-state index in [-0.39, 0.29) is 0 Å². The Morgan fingerprint density at radius 3 is 2.95 bits per heavy atom. The zero-order valence-corrected chi connectivity index (χ0v) is 13.0. The molecule has 0 aliphatic heterocycles. The lowest BCUT2D eigenvalue weighted by Gasteiger charge is -2.12. The predicted molar refractivity (Wildman–Crippen MR) is 83.1 cm³/mol. The van der Waals surface area contributed by atoms with Crippen molar-refractivity contribution in [3.05, 3.63) is 52.1 Å². The molecule has 0 atom stereocenters. The number of hydrogen-bond donors (Lipinski definition) is 1. The highest BCUT2D eigenvalue weighted by Crippen LogP contribution is 2.28. The fourth-order valence-corrected chi connectivity index (χ4v) is 2.50. The van der Waals surface area contributed by atoms with Crippen molar-refractivity contribution in [2.75, 3.05) is 0 Å². The van der Waals surface area contributed by atoms with E-state index in [2.05, 4.69) is 32.3 Å². The van der Waals surface area contributed by atoms with E-state index in [9.17, 15) is 0 Å². The summed E-state index contributed by atoms with van der Waals surface area (Å²) < 4.78 is 7.03. The fraction of sp³-hybridized carbons (Fsp3) is 0.312. The Hall–Kier alpha value is -1.39. The molecule has 4 heteroatoms. The monoisotopic (exact) mass is 332 g/mol. The van der Waals surface area contributed by atoms with Crippen LogP contribution in [0.2, 0.25) is 0 Å². The van der Waals surface area contributed by atoms with Crippen LogP contribution in [0.15, 0.2) is 41.0 Å². The van der Waals surface area contributed by atoms with Crippen molar-refractivity contribution in [3.63, 3.8) is 0 Å². The normalized spacial score (nSPS) is 14.3. The van der Waals surface area contributed by atoms with Crippen LogP contribution in [0.1, 0.15) is 24.0 Å². The molecule has 1 aliphatic carbocycles. The van der Waals surface area contributed by atoms with Gasteiger partial charge in [-0.1, -0.05) is 22.0 Å². The van der Waals surface area contributed by atoms with Gasteiger partial charge in [-0.3, -0.25) is 0 Å². The van der Waals surface area contributed by atoms with E-state index in [4.69, 9.17) is 4.74 Å². The molecule has 1 aliphatic rings. The molecule has 1 aromatic carbocycles. The van der Waals surface area contributed by atoms with Crippen LogP contribution in [0.25, 0.3) is 0 Å². The van der Waals surface area contributed by atoms with Crippen LogP contribution in [-0.2, 0) is 6.54 Å². The number of aromatic nitrogens is 1. The lowest BCUT2D eigenvalue weighted by Crippen LogP contribution is -2.16. The summed E-state index contributed by atoms with van der Waals surface area (Å²) in [4.78, 5) is 4.36. The highest BCUT2D eigenvalue weighted by atomic mass is 79.9. The van der Waals surface area contributed by atoms with E-state index in [0.29, 0.717) is 11.9 Å². The lowest BCUT2D eigenvalue weighted by molar-refractivity contribution is 0.449. The van der Waals surface area contributed by atoms with E-state index in [1.165, 1.54) is 12.8 Å². The molecule has 1 saturated carbocycles. The van der Waals surface area contributed by atoms with Gasteiger partial charge in [0.15, 0.2) is 0 Å². The first-order valence-corrected chi connectivity index (χ1v) is 7.63. The Morgan fingerprint density at radius 2 is 2.20 bits per heavy atom. The van der Waals surface area contributed by atoms with E-state index in [1.807, 2.05) is 31.2 Å². The van der Waals surface area contributed by atoms with Crippen molar-refractivity contribution in [3.8, 4) is 11.6 Å². The van der Waals surface area contributed by atoms with Crippen LogP contribution >= 0.6 is 15.9 Å². The molecule has 104 valence electrons. The number of nitrogens with one attached hydrogen (secondary N) is 1. The summed E-state index contributed by atoms with van der Waals surface area (Å²) in [5, 5.41) is 3.50. The third kappa shape index (κ3) is 3.38. The summed E-state index contributed by atoms with van der Waals surface area (Å²) in [6.07, 6.45) is 4.33. The number of hydrogen-bond acceptors (Lipinski definition) is 3. The van der Waals surface area contributed by atoms with Gasteiger partial charge in [-0.15, -0.1) is 0 Å². The molecule has 0 saturated heterocycles. The number of rotatable bonds is 5. The number of pyridine rings is 1. The first-order chi connectivity index (χ1) is 9.72. The largest absolute Gasteiger partial charge is 0.438 e. The summed E-state index contributed by atoms with van der Waals surface area (Å²) in [6.45, 7) is 2.84. The maximum absolute atomic E-state index is 5.98. The van der Waals surface area contributed by atoms with E-state index in [1.54, 1.807) is 6.20 Å². The Balaban J connectivity index is 1.78. The summed E-state index contributed by atoms with van der Waals surface area (Å²) in [5.41, 5.74) is 2.19. The summed E-state index contributed by atoms with van der Waals surface area (Å²) in [7, 11) is 0. The average molecular weight is 333 g/mol. The highest BCUT2D eigenvalue weighted by Gasteiger charge is 2.20. The van der Waals surface area contributed by atoms with E-state index in [0.717, 1.165) is 27.9 Å². The number of nitrogens with zero attached hydrogens (tertiary/aromatic N) is 1. The maximum Gasteiger partial charge on any atom is 0.223 e. The van der Waals surface area contributed by atoms with Gasteiger partial charge in [0.05, 0.1) is 0 Å². The van der Waals surface area contributed by atoms with Gasteiger partial charge in [-0.05, 0) is 49.6 Å². The van der Waals surface area contributed by atoms with Gasteiger partial charge in [0.2, 0.25) is 5.88 Å². The topological polar surface area (TPSA) is 34.1 Å². The molecule has 1 N–H and O–H groups in total. The minimum atomic E-state index is 0.678. The number of aryl methyl sites for hydroxylation is 1. The van der Waals surface area contributed by atoms with Gasteiger partial charge in [0.25, 0.3) is 0 Å². The number of halogens is 1. The molecule has 0 radical (unpaired) electrons. The van der Waals surface area contributed by atoms with E-state index < -0.39 is 0 Å². The maximum atomic E-state index is 5.98. The Morgan fingerprint density at radius 1 is 1.35 bits per heavy atom. The van der Waals surface area contributed by atoms with Crippen molar-refractivity contribution in [1.82, 2.24) is 10.3 Å². The molecule has 0 unspecified atom stereocenters. The molecular formula is C16H17BrN2O. The summed E-state index contributed by atoms with van der Waals surface area (Å²) in [5.74, 6) is 1.53. The third-order valence-corrected chi connectivity index (χ3v) is 3.85. The number of ether oxygens (including phenoxy) is 1. The molecule has 3 nitrogen and oxygen atoms in total. The molecule has 0 spiro atoms. The van der Waals surface area contributed by atoms with Crippen LogP contribution in [0.5, 0.6) is 11.6 Å². The van der Waals surface area contributed by atoms with Gasteiger partial charge in [0, 0.05) is 28.8 Å². The smallest absolute Gasteiger partial charge is 0.223 e. The van der Waals surface area contributed by atoms with Crippen molar-refractivity contribution in [2.24, 2.45) is 0 Å². The van der Waals surface area contributed by atoms with Crippen LogP contribution in [0.4, 0.5) is 0 Å². The third-order valence-electron chi connectivity index (χ3n) is 3.35. The minimum absolute atomic E-state index is 0.678.